The normalized spacial score (nSPS) is 18.2. The lowest BCUT2D eigenvalue weighted by Gasteiger charge is -2.31. The maximum absolute atomic E-state index is 13.3. The van der Waals surface area contributed by atoms with Crippen LogP contribution in [0.5, 0.6) is 0 Å². The number of hydrogen-bond acceptors (Lipinski definition) is 2. The van der Waals surface area contributed by atoms with E-state index < -0.39 is 5.60 Å². The van der Waals surface area contributed by atoms with Gasteiger partial charge in [0.25, 0.3) is 0 Å². The summed E-state index contributed by atoms with van der Waals surface area (Å²) in [7, 11) is 0. The lowest BCUT2D eigenvalue weighted by atomic mass is 9.86. The molecular formula is C17H22ClFO2. The third-order valence-electron chi connectivity index (χ3n) is 4.20. The quantitative estimate of drug-likeness (QED) is 0.735. The maximum atomic E-state index is 13.3. The highest BCUT2D eigenvalue weighted by molar-refractivity contribution is 6.31. The molecule has 1 aliphatic rings. The molecule has 2 nitrogen and oxygen atoms in total. The fourth-order valence-corrected chi connectivity index (χ4v) is 3.28. The van der Waals surface area contributed by atoms with Gasteiger partial charge >= 0.3 is 0 Å². The number of carbonyl (C=O) groups excluding carboxylic acids is 1. The van der Waals surface area contributed by atoms with E-state index in [-0.39, 0.29) is 18.0 Å². The third kappa shape index (κ3) is 4.04. The largest absolute Gasteiger partial charge is 0.367 e. The Labute approximate surface area is 130 Å². The summed E-state index contributed by atoms with van der Waals surface area (Å²) in [5.74, 6) is -0.340. The van der Waals surface area contributed by atoms with Crippen molar-refractivity contribution in [2.24, 2.45) is 0 Å². The second kappa shape index (κ2) is 7.37. The van der Waals surface area contributed by atoms with Gasteiger partial charge in [0.05, 0.1) is 0 Å². The monoisotopic (exact) mass is 312 g/mol. The van der Waals surface area contributed by atoms with E-state index in [0.717, 1.165) is 38.5 Å². The first-order chi connectivity index (χ1) is 10.1. The number of benzene rings is 1. The molecule has 0 heterocycles. The minimum Gasteiger partial charge on any atom is -0.367 e. The van der Waals surface area contributed by atoms with E-state index in [1.165, 1.54) is 18.2 Å². The van der Waals surface area contributed by atoms with Gasteiger partial charge in [-0.15, -0.1) is 0 Å². The molecule has 0 unspecified atom stereocenters. The molecule has 0 atom stereocenters. The average Bonchev–Trinajstić information content (AvgIpc) is 2.70. The molecule has 116 valence electrons. The number of carbonyl (C=O) groups is 1. The highest BCUT2D eigenvalue weighted by atomic mass is 35.5. The molecule has 2 rings (SSSR count). The molecule has 0 spiro atoms. The van der Waals surface area contributed by atoms with Gasteiger partial charge in [0, 0.05) is 18.1 Å². The Morgan fingerprint density at radius 1 is 1.29 bits per heavy atom. The number of halogens is 2. The molecule has 21 heavy (non-hydrogen) atoms. The van der Waals surface area contributed by atoms with Crippen molar-refractivity contribution in [2.45, 2.75) is 57.5 Å². The van der Waals surface area contributed by atoms with Crippen LogP contribution in [0.2, 0.25) is 5.02 Å². The number of rotatable bonds is 5. The first-order valence-electron chi connectivity index (χ1n) is 7.68. The van der Waals surface area contributed by atoms with Crippen LogP contribution in [0, 0.1) is 5.82 Å². The Hall–Kier alpha value is -0.930. The zero-order valence-electron chi connectivity index (χ0n) is 12.5. The van der Waals surface area contributed by atoms with Crippen LogP contribution in [0.1, 0.15) is 51.0 Å². The fraction of sp³-hybridized carbons (Fsp3) is 0.588. The number of ketones is 1. The Balaban J connectivity index is 2.20. The molecule has 1 saturated carbocycles. The van der Waals surface area contributed by atoms with E-state index in [4.69, 9.17) is 16.3 Å². The van der Waals surface area contributed by atoms with Crippen molar-refractivity contribution in [1.82, 2.24) is 0 Å². The minimum absolute atomic E-state index is 0.0266. The third-order valence-corrected chi connectivity index (χ3v) is 4.57. The van der Waals surface area contributed by atoms with Gasteiger partial charge in [-0.2, -0.15) is 0 Å². The van der Waals surface area contributed by atoms with Crippen LogP contribution >= 0.6 is 11.6 Å². The van der Waals surface area contributed by atoms with Gasteiger partial charge in [0.1, 0.15) is 11.4 Å². The summed E-state index contributed by atoms with van der Waals surface area (Å²) in [5.41, 5.74) is -0.161. The lowest BCUT2D eigenvalue weighted by molar-refractivity contribution is -0.145. The molecule has 0 amide bonds. The molecule has 4 heteroatoms. The lowest BCUT2D eigenvalue weighted by Crippen LogP contribution is -2.42. The van der Waals surface area contributed by atoms with Crippen LogP contribution in [-0.2, 0) is 16.0 Å². The van der Waals surface area contributed by atoms with Crippen molar-refractivity contribution < 1.29 is 13.9 Å². The molecule has 1 aliphatic carbocycles. The molecule has 0 saturated heterocycles. The second-order valence-electron chi connectivity index (χ2n) is 5.68. The summed E-state index contributed by atoms with van der Waals surface area (Å²) in [6.45, 7) is 2.43. The Kier molecular flexibility index (Phi) is 5.77. The summed E-state index contributed by atoms with van der Waals surface area (Å²) >= 11 is 6.07. The van der Waals surface area contributed by atoms with Crippen molar-refractivity contribution in [3.63, 3.8) is 0 Å². The van der Waals surface area contributed by atoms with E-state index in [1.54, 1.807) is 0 Å². The molecule has 0 aliphatic heterocycles. The molecular weight excluding hydrogens is 291 g/mol. The van der Waals surface area contributed by atoms with E-state index in [9.17, 15) is 9.18 Å². The fourth-order valence-electron chi connectivity index (χ4n) is 3.09. The highest BCUT2D eigenvalue weighted by Gasteiger charge is 2.38. The van der Waals surface area contributed by atoms with Crippen molar-refractivity contribution >= 4 is 17.4 Å². The van der Waals surface area contributed by atoms with Crippen molar-refractivity contribution in [2.75, 3.05) is 6.61 Å². The molecule has 0 aromatic heterocycles. The van der Waals surface area contributed by atoms with Gasteiger partial charge in [-0.05, 0) is 43.5 Å². The number of ether oxygens (including phenoxy) is 1. The highest BCUT2D eigenvalue weighted by Crippen LogP contribution is 2.33. The van der Waals surface area contributed by atoms with Crippen LogP contribution < -0.4 is 0 Å². The average molecular weight is 313 g/mol. The van der Waals surface area contributed by atoms with E-state index in [1.807, 2.05) is 6.92 Å². The first-order valence-corrected chi connectivity index (χ1v) is 8.06. The number of Topliss-reactive ketones (excluding diaryl/α,β-unsaturated/α-hetero) is 1. The van der Waals surface area contributed by atoms with Crippen LogP contribution in [0.25, 0.3) is 0 Å². The predicted octanol–water partition coefficient (Wildman–Crippen LogP) is 4.72. The Bertz CT molecular complexity index is 494. The minimum atomic E-state index is -0.707. The zero-order valence-corrected chi connectivity index (χ0v) is 13.2. The molecule has 1 aromatic rings. The van der Waals surface area contributed by atoms with Gasteiger partial charge in [0.15, 0.2) is 5.78 Å². The van der Waals surface area contributed by atoms with Gasteiger partial charge in [-0.25, -0.2) is 4.39 Å². The van der Waals surface area contributed by atoms with Gasteiger partial charge in [-0.1, -0.05) is 37.3 Å². The van der Waals surface area contributed by atoms with Crippen LogP contribution in [0.3, 0.4) is 0 Å². The molecule has 0 radical (unpaired) electrons. The van der Waals surface area contributed by atoms with Crippen molar-refractivity contribution in [3.8, 4) is 0 Å². The Morgan fingerprint density at radius 3 is 2.57 bits per heavy atom. The SMILES string of the molecule is CCOC1(C(=O)Cc2cc(F)ccc2Cl)CCCCCC1. The molecule has 0 bridgehead atoms. The summed E-state index contributed by atoms with van der Waals surface area (Å²) in [6.07, 6.45) is 5.94. The van der Waals surface area contributed by atoms with Crippen molar-refractivity contribution in [3.05, 3.63) is 34.6 Å². The van der Waals surface area contributed by atoms with E-state index in [2.05, 4.69) is 0 Å². The standard InChI is InChI=1S/C17H22ClFO2/c1-2-21-17(9-5-3-4-6-10-17)16(20)12-13-11-14(19)7-8-15(13)18/h7-8,11H,2-6,9-10,12H2,1H3. The summed E-state index contributed by atoms with van der Waals surface area (Å²) in [6, 6.07) is 4.15. The van der Waals surface area contributed by atoms with Crippen molar-refractivity contribution in [1.29, 1.82) is 0 Å². The zero-order chi connectivity index (χ0) is 15.3. The van der Waals surface area contributed by atoms with Gasteiger partial charge in [0.2, 0.25) is 0 Å². The maximum Gasteiger partial charge on any atom is 0.169 e. The predicted molar refractivity (Wildman–Crippen MR) is 82.2 cm³/mol. The number of hydrogen-bond donors (Lipinski definition) is 0. The molecule has 1 aromatic carbocycles. The van der Waals surface area contributed by atoms with E-state index in [0.29, 0.717) is 17.2 Å². The first kappa shape index (κ1) is 16.4. The van der Waals surface area contributed by atoms with Crippen LogP contribution in [0.15, 0.2) is 18.2 Å². The van der Waals surface area contributed by atoms with Gasteiger partial charge in [-0.3, -0.25) is 4.79 Å². The second-order valence-corrected chi connectivity index (χ2v) is 6.08. The van der Waals surface area contributed by atoms with E-state index >= 15 is 0 Å². The summed E-state index contributed by atoms with van der Waals surface area (Å²) < 4.78 is 19.2. The summed E-state index contributed by atoms with van der Waals surface area (Å²) in [4.78, 5) is 12.8. The topological polar surface area (TPSA) is 26.3 Å². The van der Waals surface area contributed by atoms with Gasteiger partial charge < -0.3 is 4.74 Å². The smallest absolute Gasteiger partial charge is 0.169 e. The molecule has 0 N–H and O–H groups in total. The van der Waals surface area contributed by atoms with Crippen LogP contribution in [0.4, 0.5) is 4.39 Å². The summed E-state index contributed by atoms with van der Waals surface area (Å²) in [5, 5.41) is 0.435. The van der Waals surface area contributed by atoms with Crippen LogP contribution in [-0.4, -0.2) is 18.0 Å². The molecule has 1 fully saturated rings. The Morgan fingerprint density at radius 2 is 1.95 bits per heavy atom.